The average molecular weight is 266 g/mol. The standard InChI is InChI=1S/C15H22O2S/c1-2-3-4-6-13-8-10-14(11-9-13)18-12-5-7-15(16)17/h8-11H,2-7,12H2,1H3,(H,16,17). The fraction of sp³-hybridized carbons (Fsp3) is 0.533. The summed E-state index contributed by atoms with van der Waals surface area (Å²) in [4.78, 5) is 11.6. The molecule has 3 heteroatoms. The summed E-state index contributed by atoms with van der Waals surface area (Å²) in [5.74, 6) is 0.170. The zero-order chi connectivity index (χ0) is 13.2. The summed E-state index contributed by atoms with van der Waals surface area (Å²) >= 11 is 1.74. The Morgan fingerprint density at radius 3 is 2.50 bits per heavy atom. The van der Waals surface area contributed by atoms with E-state index in [0.29, 0.717) is 0 Å². The van der Waals surface area contributed by atoms with Crippen LogP contribution >= 0.6 is 11.8 Å². The summed E-state index contributed by atoms with van der Waals surface area (Å²) < 4.78 is 0. The molecule has 0 amide bonds. The van der Waals surface area contributed by atoms with Crippen LogP contribution in [0.3, 0.4) is 0 Å². The second-order valence-corrected chi connectivity index (χ2v) is 5.62. The van der Waals surface area contributed by atoms with Gasteiger partial charge in [-0.05, 0) is 42.7 Å². The highest BCUT2D eigenvalue weighted by atomic mass is 32.2. The van der Waals surface area contributed by atoms with Crippen LogP contribution in [0.2, 0.25) is 0 Å². The van der Waals surface area contributed by atoms with Crippen LogP contribution in [0.15, 0.2) is 29.2 Å². The van der Waals surface area contributed by atoms with Crippen LogP contribution < -0.4 is 0 Å². The molecule has 100 valence electrons. The summed E-state index contributed by atoms with van der Waals surface area (Å²) in [6.45, 7) is 2.22. The Labute approximate surface area is 114 Å². The molecular weight excluding hydrogens is 244 g/mol. The molecule has 0 bridgehead atoms. The number of carbonyl (C=O) groups is 1. The maximum absolute atomic E-state index is 10.4. The van der Waals surface area contributed by atoms with Crippen molar-refractivity contribution >= 4 is 17.7 Å². The second kappa shape index (κ2) is 9.03. The van der Waals surface area contributed by atoms with E-state index in [1.54, 1.807) is 11.8 Å². The topological polar surface area (TPSA) is 37.3 Å². The lowest BCUT2D eigenvalue weighted by Crippen LogP contribution is -1.94. The fourth-order valence-corrected chi connectivity index (χ4v) is 2.60. The first kappa shape index (κ1) is 15.1. The molecule has 2 nitrogen and oxygen atoms in total. The summed E-state index contributed by atoms with van der Waals surface area (Å²) in [7, 11) is 0. The minimum absolute atomic E-state index is 0.266. The van der Waals surface area contributed by atoms with Crippen molar-refractivity contribution < 1.29 is 9.90 Å². The van der Waals surface area contributed by atoms with Gasteiger partial charge in [-0.25, -0.2) is 0 Å². The number of benzene rings is 1. The van der Waals surface area contributed by atoms with E-state index in [-0.39, 0.29) is 6.42 Å². The lowest BCUT2D eigenvalue weighted by atomic mass is 10.1. The quantitative estimate of drug-likeness (QED) is 0.532. The van der Waals surface area contributed by atoms with Crippen LogP contribution in [-0.4, -0.2) is 16.8 Å². The first-order chi connectivity index (χ1) is 8.72. The molecule has 0 aliphatic carbocycles. The Kier molecular flexibility index (Phi) is 7.58. The van der Waals surface area contributed by atoms with Gasteiger partial charge in [0, 0.05) is 11.3 Å². The first-order valence-corrected chi connectivity index (χ1v) is 7.64. The Morgan fingerprint density at radius 2 is 1.89 bits per heavy atom. The number of rotatable bonds is 9. The minimum atomic E-state index is -0.707. The number of carboxylic acid groups (broad SMARTS) is 1. The molecule has 1 aromatic rings. The normalized spacial score (nSPS) is 10.5. The van der Waals surface area contributed by atoms with E-state index in [1.165, 1.54) is 29.7 Å². The van der Waals surface area contributed by atoms with Crippen molar-refractivity contribution in [2.45, 2.75) is 50.3 Å². The molecule has 0 aliphatic heterocycles. The predicted molar refractivity (Wildman–Crippen MR) is 77.3 cm³/mol. The van der Waals surface area contributed by atoms with Gasteiger partial charge >= 0.3 is 5.97 Å². The number of unbranched alkanes of at least 4 members (excludes halogenated alkanes) is 2. The van der Waals surface area contributed by atoms with Gasteiger partial charge in [-0.1, -0.05) is 31.9 Å². The van der Waals surface area contributed by atoms with Crippen molar-refractivity contribution in [1.82, 2.24) is 0 Å². The zero-order valence-corrected chi connectivity index (χ0v) is 11.8. The van der Waals surface area contributed by atoms with E-state index < -0.39 is 5.97 Å². The van der Waals surface area contributed by atoms with E-state index in [2.05, 4.69) is 31.2 Å². The van der Waals surface area contributed by atoms with Gasteiger partial charge < -0.3 is 5.11 Å². The highest BCUT2D eigenvalue weighted by Crippen LogP contribution is 2.20. The number of thioether (sulfide) groups is 1. The highest BCUT2D eigenvalue weighted by Gasteiger charge is 1.99. The number of hydrogen-bond acceptors (Lipinski definition) is 2. The van der Waals surface area contributed by atoms with Crippen LogP contribution in [0, 0.1) is 0 Å². The van der Waals surface area contributed by atoms with Gasteiger partial charge in [-0.2, -0.15) is 0 Å². The summed E-state index contributed by atoms with van der Waals surface area (Å²) in [6, 6.07) is 8.67. The fourth-order valence-electron chi connectivity index (χ4n) is 1.74. The maximum atomic E-state index is 10.4. The molecule has 0 heterocycles. The maximum Gasteiger partial charge on any atom is 0.303 e. The lowest BCUT2D eigenvalue weighted by molar-refractivity contribution is -0.137. The second-order valence-electron chi connectivity index (χ2n) is 4.45. The van der Waals surface area contributed by atoms with Crippen LogP contribution in [-0.2, 0) is 11.2 Å². The Bertz CT molecular complexity index is 346. The summed E-state index contributed by atoms with van der Waals surface area (Å²) in [5.41, 5.74) is 1.40. The lowest BCUT2D eigenvalue weighted by Gasteiger charge is -2.03. The number of aliphatic carboxylic acids is 1. The Morgan fingerprint density at radius 1 is 1.17 bits per heavy atom. The van der Waals surface area contributed by atoms with Crippen molar-refractivity contribution in [3.63, 3.8) is 0 Å². The van der Waals surface area contributed by atoms with Gasteiger partial charge in [0.1, 0.15) is 0 Å². The number of hydrogen-bond donors (Lipinski definition) is 1. The van der Waals surface area contributed by atoms with Crippen molar-refractivity contribution in [2.24, 2.45) is 0 Å². The van der Waals surface area contributed by atoms with Crippen molar-refractivity contribution in [1.29, 1.82) is 0 Å². The van der Waals surface area contributed by atoms with Gasteiger partial charge in [0.05, 0.1) is 0 Å². The summed E-state index contributed by atoms with van der Waals surface area (Å²) in [5, 5.41) is 8.54. The molecule has 0 saturated carbocycles. The molecule has 0 spiro atoms. The van der Waals surface area contributed by atoms with Gasteiger partial charge in [0.15, 0.2) is 0 Å². The molecule has 1 rings (SSSR count). The zero-order valence-electron chi connectivity index (χ0n) is 11.0. The van der Waals surface area contributed by atoms with Crippen LogP contribution in [0.5, 0.6) is 0 Å². The molecular formula is C15H22O2S. The van der Waals surface area contributed by atoms with Gasteiger partial charge in [0.25, 0.3) is 0 Å². The molecule has 0 radical (unpaired) electrons. The first-order valence-electron chi connectivity index (χ1n) is 6.66. The molecule has 0 aliphatic rings. The molecule has 18 heavy (non-hydrogen) atoms. The minimum Gasteiger partial charge on any atom is -0.481 e. The van der Waals surface area contributed by atoms with E-state index in [1.807, 2.05) is 0 Å². The molecule has 0 atom stereocenters. The third-order valence-electron chi connectivity index (χ3n) is 2.80. The van der Waals surface area contributed by atoms with Gasteiger partial charge in [-0.3, -0.25) is 4.79 Å². The average Bonchev–Trinajstić information content (AvgIpc) is 2.36. The molecule has 0 fully saturated rings. The predicted octanol–water partition coefficient (Wildman–Crippen LogP) is 4.38. The summed E-state index contributed by atoms with van der Waals surface area (Å²) in [6.07, 6.45) is 5.99. The van der Waals surface area contributed by atoms with Gasteiger partial charge in [-0.15, -0.1) is 11.8 Å². The van der Waals surface area contributed by atoms with Gasteiger partial charge in [0.2, 0.25) is 0 Å². The monoisotopic (exact) mass is 266 g/mol. The van der Waals surface area contributed by atoms with Crippen LogP contribution in [0.4, 0.5) is 0 Å². The Balaban J connectivity index is 2.25. The largest absolute Gasteiger partial charge is 0.481 e. The van der Waals surface area contributed by atoms with E-state index in [4.69, 9.17) is 5.11 Å². The van der Waals surface area contributed by atoms with Crippen molar-refractivity contribution in [3.8, 4) is 0 Å². The number of aryl methyl sites for hydroxylation is 1. The smallest absolute Gasteiger partial charge is 0.303 e. The molecule has 0 saturated heterocycles. The van der Waals surface area contributed by atoms with E-state index in [9.17, 15) is 4.79 Å². The van der Waals surface area contributed by atoms with Crippen molar-refractivity contribution in [3.05, 3.63) is 29.8 Å². The third-order valence-corrected chi connectivity index (χ3v) is 3.89. The van der Waals surface area contributed by atoms with E-state index >= 15 is 0 Å². The molecule has 1 aromatic carbocycles. The third kappa shape index (κ3) is 6.70. The highest BCUT2D eigenvalue weighted by molar-refractivity contribution is 7.99. The molecule has 0 aromatic heterocycles. The molecule has 0 unspecified atom stereocenters. The van der Waals surface area contributed by atoms with Crippen LogP contribution in [0.25, 0.3) is 0 Å². The SMILES string of the molecule is CCCCCc1ccc(SCCCC(=O)O)cc1. The molecule has 1 N–H and O–H groups in total. The Hall–Kier alpha value is -0.960. The van der Waals surface area contributed by atoms with E-state index in [0.717, 1.165) is 18.6 Å². The number of carboxylic acids is 1. The van der Waals surface area contributed by atoms with Crippen LogP contribution in [0.1, 0.15) is 44.6 Å². The van der Waals surface area contributed by atoms with Crippen molar-refractivity contribution in [2.75, 3.05) is 5.75 Å².